The molecule has 0 spiro atoms. The first-order valence-electron chi connectivity index (χ1n) is 7.50. The predicted molar refractivity (Wildman–Crippen MR) is 79.3 cm³/mol. The highest BCUT2D eigenvalue weighted by molar-refractivity contribution is 7.87. The fourth-order valence-electron chi connectivity index (χ4n) is 2.72. The summed E-state index contributed by atoms with van der Waals surface area (Å²) in [6, 6.07) is 0. The van der Waals surface area contributed by atoms with E-state index in [0.717, 1.165) is 19.5 Å². The van der Waals surface area contributed by atoms with Crippen LogP contribution in [-0.2, 0) is 10.2 Å². The van der Waals surface area contributed by atoms with Crippen molar-refractivity contribution in [1.29, 1.82) is 0 Å². The largest absolute Gasteiger partial charge is 0.303 e. The maximum absolute atomic E-state index is 12.0. The molecule has 0 aliphatic carbocycles. The molecule has 1 unspecified atom stereocenters. The lowest BCUT2D eigenvalue weighted by Gasteiger charge is -2.32. The Morgan fingerprint density at radius 1 is 1.26 bits per heavy atom. The third kappa shape index (κ3) is 5.38. The Morgan fingerprint density at radius 2 is 1.95 bits per heavy atom. The lowest BCUT2D eigenvalue weighted by molar-refractivity contribution is 0.177. The van der Waals surface area contributed by atoms with E-state index in [4.69, 9.17) is 0 Å². The minimum Gasteiger partial charge on any atom is -0.303 e. The number of rotatable bonds is 8. The van der Waals surface area contributed by atoms with Gasteiger partial charge < -0.3 is 4.90 Å². The maximum atomic E-state index is 12.0. The van der Waals surface area contributed by atoms with Gasteiger partial charge in [-0.25, -0.2) is 4.72 Å². The van der Waals surface area contributed by atoms with Gasteiger partial charge in [-0.3, -0.25) is 0 Å². The van der Waals surface area contributed by atoms with Crippen molar-refractivity contribution in [1.82, 2.24) is 13.9 Å². The molecule has 19 heavy (non-hydrogen) atoms. The molecule has 1 heterocycles. The summed E-state index contributed by atoms with van der Waals surface area (Å²) < 4.78 is 28.1. The molecule has 0 amide bonds. The van der Waals surface area contributed by atoms with Crippen LogP contribution in [0.5, 0.6) is 0 Å². The van der Waals surface area contributed by atoms with Gasteiger partial charge in [-0.2, -0.15) is 12.7 Å². The Bertz CT molecular complexity index is 342. The van der Waals surface area contributed by atoms with Crippen LogP contribution in [0.15, 0.2) is 0 Å². The topological polar surface area (TPSA) is 52.7 Å². The number of hydrogen-bond donors (Lipinski definition) is 1. The molecule has 0 aromatic carbocycles. The number of nitrogens with zero attached hydrogens (tertiary/aromatic N) is 2. The van der Waals surface area contributed by atoms with E-state index < -0.39 is 10.2 Å². The van der Waals surface area contributed by atoms with Gasteiger partial charge in [0.25, 0.3) is 10.2 Å². The molecule has 1 aliphatic rings. The molecule has 1 rings (SSSR count). The molecule has 1 atom stereocenters. The molecular weight excluding hydrogens is 262 g/mol. The third-order valence-electron chi connectivity index (χ3n) is 3.93. The second kappa shape index (κ2) is 8.19. The monoisotopic (exact) mass is 291 g/mol. The Morgan fingerprint density at radius 3 is 2.53 bits per heavy atom. The fraction of sp³-hybridized carbons (Fsp3) is 1.00. The van der Waals surface area contributed by atoms with Gasteiger partial charge in [0.2, 0.25) is 0 Å². The van der Waals surface area contributed by atoms with E-state index in [1.807, 2.05) is 13.8 Å². The molecule has 0 saturated carbocycles. The standard InChI is InChI=1S/C13H29N3O2S/c1-4-15-11-7-8-13(12-15)9-10-14-19(17,18)16(5-2)6-3/h13-14H,4-12H2,1-3H3. The average Bonchev–Trinajstić information content (AvgIpc) is 2.40. The summed E-state index contributed by atoms with van der Waals surface area (Å²) in [5, 5.41) is 0. The van der Waals surface area contributed by atoms with Crippen LogP contribution in [0.25, 0.3) is 0 Å². The molecule has 1 aliphatic heterocycles. The second-order valence-electron chi connectivity index (χ2n) is 5.17. The quantitative estimate of drug-likeness (QED) is 0.733. The molecular formula is C13H29N3O2S. The molecule has 6 heteroatoms. The molecule has 1 fully saturated rings. The summed E-state index contributed by atoms with van der Waals surface area (Å²) in [5.74, 6) is 0.633. The van der Waals surface area contributed by atoms with Crippen molar-refractivity contribution < 1.29 is 8.42 Å². The summed E-state index contributed by atoms with van der Waals surface area (Å²) in [4.78, 5) is 2.45. The van der Waals surface area contributed by atoms with E-state index in [9.17, 15) is 8.42 Å². The van der Waals surface area contributed by atoms with E-state index in [1.165, 1.54) is 23.7 Å². The lowest BCUT2D eigenvalue weighted by Crippen LogP contribution is -2.42. The second-order valence-corrected chi connectivity index (χ2v) is 6.93. The highest BCUT2D eigenvalue weighted by Crippen LogP contribution is 2.18. The first kappa shape index (κ1) is 16.9. The van der Waals surface area contributed by atoms with Gasteiger partial charge in [0, 0.05) is 26.2 Å². The Balaban J connectivity index is 2.33. The van der Waals surface area contributed by atoms with Gasteiger partial charge in [-0.1, -0.05) is 20.8 Å². The molecule has 5 nitrogen and oxygen atoms in total. The van der Waals surface area contributed by atoms with Crippen molar-refractivity contribution in [3.05, 3.63) is 0 Å². The molecule has 0 bridgehead atoms. The summed E-state index contributed by atoms with van der Waals surface area (Å²) >= 11 is 0. The summed E-state index contributed by atoms with van der Waals surface area (Å²) in [5.41, 5.74) is 0. The van der Waals surface area contributed by atoms with Gasteiger partial charge >= 0.3 is 0 Å². The summed E-state index contributed by atoms with van der Waals surface area (Å²) in [7, 11) is -3.27. The first-order valence-corrected chi connectivity index (χ1v) is 8.94. The summed E-state index contributed by atoms with van der Waals surface area (Å²) in [6.45, 7) is 10.9. The maximum Gasteiger partial charge on any atom is 0.279 e. The third-order valence-corrected chi connectivity index (χ3v) is 5.70. The molecule has 1 N–H and O–H groups in total. The van der Waals surface area contributed by atoms with Crippen LogP contribution >= 0.6 is 0 Å². The molecule has 1 saturated heterocycles. The highest BCUT2D eigenvalue weighted by Gasteiger charge is 2.21. The normalized spacial score (nSPS) is 22.0. The molecule has 0 radical (unpaired) electrons. The Kier molecular flexibility index (Phi) is 7.28. The summed E-state index contributed by atoms with van der Waals surface area (Å²) in [6.07, 6.45) is 3.40. The van der Waals surface area contributed by atoms with Crippen molar-refractivity contribution in [2.75, 3.05) is 39.3 Å². The van der Waals surface area contributed by atoms with Gasteiger partial charge in [0.05, 0.1) is 0 Å². The zero-order valence-electron chi connectivity index (χ0n) is 12.6. The molecule has 0 aromatic heterocycles. The predicted octanol–water partition coefficient (Wildman–Crippen LogP) is 1.28. The number of piperidine rings is 1. The van der Waals surface area contributed by atoms with Crippen LogP contribution in [0, 0.1) is 5.92 Å². The van der Waals surface area contributed by atoms with Crippen molar-refractivity contribution in [2.45, 2.75) is 40.0 Å². The lowest BCUT2D eigenvalue weighted by atomic mass is 9.95. The van der Waals surface area contributed by atoms with Crippen LogP contribution in [0.1, 0.15) is 40.0 Å². The van der Waals surface area contributed by atoms with Crippen molar-refractivity contribution >= 4 is 10.2 Å². The fourth-order valence-corrected chi connectivity index (χ4v) is 3.96. The number of hydrogen-bond acceptors (Lipinski definition) is 3. The van der Waals surface area contributed by atoms with E-state index in [1.54, 1.807) is 0 Å². The smallest absolute Gasteiger partial charge is 0.279 e. The van der Waals surface area contributed by atoms with Crippen LogP contribution in [0.4, 0.5) is 0 Å². The van der Waals surface area contributed by atoms with Gasteiger partial charge in [-0.05, 0) is 38.3 Å². The minimum absolute atomic E-state index is 0.527. The zero-order valence-corrected chi connectivity index (χ0v) is 13.4. The van der Waals surface area contributed by atoms with Crippen molar-refractivity contribution in [3.63, 3.8) is 0 Å². The van der Waals surface area contributed by atoms with Crippen molar-refractivity contribution in [2.24, 2.45) is 5.92 Å². The number of likely N-dealkylation sites (tertiary alicyclic amines) is 1. The average molecular weight is 291 g/mol. The van der Waals surface area contributed by atoms with E-state index in [-0.39, 0.29) is 0 Å². The van der Waals surface area contributed by atoms with Gasteiger partial charge in [0.1, 0.15) is 0 Å². The van der Waals surface area contributed by atoms with Crippen LogP contribution in [0.3, 0.4) is 0 Å². The molecule has 0 aromatic rings. The number of nitrogens with one attached hydrogen (secondary N) is 1. The van der Waals surface area contributed by atoms with Gasteiger partial charge in [-0.15, -0.1) is 0 Å². The van der Waals surface area contributed by atoms with E-state index in [2.05, 4.69) is 16.5 Å². The van der Waals surface area contributed by atoms with Crippen LogP contribution < -0.4 is 4.72 Å². The Hall–Kier alpha value is -0.170. The minimum atomic E-state index is -3.27. The zero-order chi connectivity index (χ0) is 14.3. The van der Waals surface area contributed by atoms with Gasteiger partial charge in [0.15, 0.2) is 0 Å². The van der Waals surface area contributed by atoms with Crippen LogP contribution in [-0.4, -0.2) is 56.9 Å². The van der Waals surface area contributed by atoms with Crippen LogP contribution in [0.2, 0.25) is 0 Å². The van der Waals surface area contributed by atoms with E-state index >= 15 is 0 Å². The molecule has 114 valence electrons. The SMILES string of the molecule is CCN1CCCC(CCNS(=O)(=O)N(CC)CC)C1. The highest BCUT2D eigenvalue weighted by atomic mass is 32.2. The first-order chi connectivity index (χ1) is 9.03. The van der Waals surface area contributed by atoms with Crippen molar-refractivity contribution in [3.8, 4) is 0 Å². The van der Waals surface area contributed by atoms with E-state index in [0.29, 0.717) is 25.6 Å². The Labute approximate surface area is 118 Å².